The zero-order valence-corrected chi connectivity index (χ0v) is 12.6. The highest BCUT2D eigenvalue weighted by Gasteiger charge is 2.08. The Bertz CT molecular complexity index is 578. The Labute approximate surface area is 123 Å². The molecule has 0 aliphatic heterocycles. The topological polar surface area (TPSA) is 40.5 Å². The second-order valence-corrected chi connectivity index (χ2v) is 6.05. The maximum Gasteiger partial charge on any atom is 0.335 e. The molecule has 0 saturated heterocycles. The number of benzene rings is 1. The van der Waals surface area contributed by atoms with E-state index >= 15 is 0 Å². The Kier molecular flexibility index (Phi) is 4.93. The van der Waals surface area contributed by atoms with Gasteiger partial charge in [-0.25, -0.2) is 4.79 Å². The average Bonchev–Trinajstić information content (AvgIpc) is 2.91. The summed E-state index contributed by atoms with van der Waals surface area (Å²) in [6.45, 7) is 3.81. The van der Waals surface area contributed by atoms with Crippen LogP contribution in [0.25, 0.3) is 0 Å². The molecule has 2 rings (SSSR count). The molecule has 0 atom stereocenters. The summed E-state index contributed by atoms with van der Waals surface area (Å²) in [5, 5.41) is 11.1. The van der Waals surface area contributed by atoms with Crippen molar-refractivity contribution in [1.82, 2.24) is 4.90 Å². The first-order valence-electron chi connectivity index (χ1n) is 6.60. The van der Waals surface area contributed by atoms with Crippen LogP contribution < -0.4 is 0 Å². The summed E-state index contributed by atoms with van der Waals surface area (Å²) in [7, 11) is 2.10. The number of likely N-dealkylation sites (N-methyl/N-ethyl adjacent to an activating group) is 1. The Morgan fingerprint density at radius 2 is 2.15 bits per heavy atom. The van der Waals surface area contributed by atoms with Crippen LogP contribution in [0.3, 0.4) is 0 Å². The molecule has 4 heteroatoms. The second kappa shape index (κ2) is 6.68. The highest BCUT2D eigenvalue weighted by atomic mass is 32.1. The number of rotatable bonds is 6. The van der Waals surface area contributed by atoms with Crippen molar-refractivity contribution in [1.29, 1.82) is 0 Å². The number of nitrogens with zero attached hydrogens (tertiary/aromatic N) is 1. The highest BCUT2D eigenvalue weighted by Crippen LogP contribution is 2.14. The van der Waals surface area contributed by atoms with E-state index in [0.717, 1.165) is 25.1 Å². The van der Waals surface area contributed by atoms with E-state index in [1.165, 1.54) is 10.4 Å². The SMILES string of the molecule is Cc1cc(C(=O)O)ccc1CN(C)CCc1cccs1. The third-order valence-corrected chi connectivity index (χ3v) is 4.29. The van der Waals surface area contributed by atoms with Crippen molar-refractivity contribution in [2.24, 2.45) is 0 Å². The van der Waals surface area contributed by atoms with Crippen molar-refractivity contribution in [3.05, 3.63) is 57.3 Å². The fraction of sp³-hybridized carbons (Fsp3) is 0.312. The van der Waals surface area contributed by atoms with Crippen molar-refractivity contribution in [2.45, 2.75) is 19.9 Å². The molecule has 1 heterocycles. The molecule has 0 aliphatic carbocycles. The molecule has 0 bridgehead atoms. The minimum Gasteiger partial charge on any atom is -0.478 e. The predicted molar refractivity (Wildman–Crippen MR) is 82.5 cm³/mol. The third kappa shape index (κ3) is 3.92. The Morgan fingerprint density at radius 1 is 1.35 bits per heavy atom. The van der Waals surface area contributed by atoms with Crippen molar-refractivity contribution >= 4 is 17.3 Å². The zero-order chi connectivity index (χ0) is 14.5. The van der Waals surface area contributed by atoms with Crippen LogP contribution in [0.4, 0.5) is 0 Å². The van der Waals surface area contributed by atoms with Crippen LogP contribution in [0, 0.1) is 6.92 Å². The Morgan fingerprint density at radius 3 is 2.75 bits per heavy atom. The number of carboxylic acids is 1. The standard InChI is InChI=1S/C16H19NO2S/c1-12-10-13(16(18)19)5-6-14(12)11-17(2)8-7-15-4-3-9-20-15/h3-6,9-10H,7-8,11H2,1-2H3,(H,18,19). The van der Waals surface area contributed by atoms with E-state index in [0.29, 0.717) is 5.56 Å². The lowest BCUT2D eigenvalue weighted by molar-refractivity contribution is 0.0696. The summed E-state index contributed by atoms with van der Waals surface area (Å²) in [6.07, 6.45) is 1.06. The van der Waals surface area contributed by atoms with E-state index in [9.17, 15) is 4.79 Å². The minimum absolute atomic E-state index is 0.354. The maximum absolute atomic E-state index is 10.9. The number of hydrogen-bond donors (Lipinski definition) is 1. The molecule has 0 unspecified atom stereocenters. The van der Waals surface area contributed by atoms with Crippen LogP contribution in [0.15, 0.2) is 35.7 Å². The van der Waals surface area contributed by atoms with Gasteiger partial charge in [-0.3, -0.25) is 0 Å². The number of aromatic carboxylic acids is 1. The molecule has 0 fully saturated rings. The van der Waals surface area contributed by atoms with Crippen LogP contribution in [-0.2, 0) is 13.0 Å². The number of thiophene rings is 1. The predicted octanol–water partition coefficient (Wildman–Crippen LogP) is 3.43. The first-order chi connectivity index (χ1) is 9.56. The van der Waals surface area contributed by atoms with Crippen LogP contribution in [0.2, 0.25) is 0 Å². The van der Waals surface area contributed by atoms with E-state index < -0.39 is 5.97 Å². The first-order valence-corrected chi connectivity index (χ1v) is 7.48. The van der Waals surface area contributed by atoms with Crippen LogP contribution in [0.5, 0.6) is 0 Å². The molecule has 0 radical (unpaired) electrons. The minimum atomic E-state index is -0.870. The molecule has 2 aromatic rings. The summed E-state index contributed by atoms with van der Waals surface area (Å²) in [5.74, 6) is -0.870. The quantitative estimate of drug-likeness (QED) is 0.885. The zero-order valence-electron chi connectivity index (χ0n) is 11.8. The van der Waals surface area contributed by atoms with Gasteiger partial charge in [-0.05, 0) is 55.1 Å². The molecule has 106 valence electrons. The maximum atomic E-state index is 10.9. The average molecular weight is 289 g/mol. The Balaban J connectivity index is 1.93. The molecule has 3 nitrogen and oxygen atoms in total. The molecule has 1 N–H and O–H groups in total. The van der Waals surface area contributed by atoms with Gasteiger partial charge < -0.3 is 10.0 Å². The summed E-state index contributed by atoms with van der Waals surface area (Å²) in [5.41, 5.74) is 2.57. The van der Waals surface area contributed by atoms with Crippen LogP contribution in [0.1, 0.15) is 26.4 Å². The monoisotopic (exact) mass is 289 g/mol. The third-order valence-electron chi connectivity index (χ3n) is 3.35. The number of aryl methyl sites for hydroxylation is 1. The van der Waals surface area contributed by atoms with Gasteiger partial charge in [0.1, 0.15) is 0 Å². The van der Waals surface area contributed by atoms with Gasteiger partial charge >= 0.3 is 5.97 Å². The van der Waals surface area contributed by atoms with Crippen molar-refractivity contribution < 1.29 is 9.90 Å². The number of carbonyl (C=O) groups is 1. The van der Waals surface area contributed by atoms with Gasteiger partial charge in [-0.15, -0.1) is 11.3 Å². The summed E-state index contributed by atoms with van der Waals surface area (Å²) in [6, 6.07) is 9.57. The largest absolute Gasteiger partial charge is 0.478 e. The summed E-state index contributed by atoms with van der Waals surface area (Å²) in [4.78, 5) is 14.6. The van der Waals surface area contributed by atoms with Gasteiger partial charge in [0.05, 0.1) is 5.56 Å². The van der Waals surface area contributed by atoms with E-state index in [1.54, 1.807) is 23.5 Å². The van der Waals surface area contributed by atoms with Gasteiger partial charge in [0.2, 0.25) is 0 Å². The van der Waals surface area contributed by atoms with E-state index in [4.69, 9.17) is 5.11 Å². The molecular weight excluding hydrogens is 270 g/mol. The van der Waals surface area contributed by atoms with Gasteiger partial charge in [0, 0.05) is 18.0 Å². The molecule has 0 spiro atoms. The van der Waals surface area contributed by atoms with E-state index in [-0.39, 0.29) is 0 Å². The lowest BCUT2D eigenvalue weighted by Crippen LogP contribution is -2.21. The highest BCUT2D eigenvalue weighted by molar-refractivity contribution is 7.09. The molecule has 0 saturated carbocycles. The van der Waals surface area contributed by atoms with Crippen molar-refractivity contribution in [3.63, 3.8) is 0 Å². The first kappa shape index (κ1) is 14.8. The Hall–Kier alpha value is -1.65. The summed E-state index contributed by atoms with van der Waals surface area (Å²) < 4.78 is 0. The smallest absolute Gasteiger partial charge is 0.335 e. The van der Waals surface area contributed by atoms with Gasteiger partial charge in [-0.1, -0.05) is 12.1 Å². The molecule has 1 aromatic heterocycles. The lowest BCUT2D eigenvalue weighted by atomic mass is 10.0. The number of hydrogen-bond acceptors (Lipinski definition) is 3. The van der Waals surface area contributed by atoms with E-state index in [1.807, 2.05) is 13.0 Å². The molecule has 0 aliphatic rings. The summed E-state index contributed by atoms with van der Waals surface area (Å²) >= 11 is 1.79. The van der Waals surface area contributed by atoms with Crippen molar-refractivity contribution in [3.8, 4) is 0 Å². The van der Waals surface area contributed by atoms with Gasteiger partial charge in [0.15, 0.2) is 0 Å². The normalized spacial score (nSPS) is 10.9. The molecule has 0 amide bonds. The second-order valence-electron chi connectivity index (χ2n) is 5.01. The van der Waals surface area contributed by atoms with Gasteiger partial charge in [-0.2, -0.15) is 0 Å². The fourth-order valence-corrected chi connectivity index (χ4v) is 2.83. The van der Waals surface area contributed by atoms with Crippen LogP contribution >= 0.6 is 11.3 Å². The molecular formula is C16H19NO2S. The molecule has 20 heavy (non-hydrogen) atoms. The van der Waals surface area contributed by atoms with Gasteiger partial charge in [0.25, 0.3) is 0 Å². The van der Waals surface area contributed by atoms with Crippen LogP contribution in [-0.4, -0.2) is 29.6 Å². The van der Waals surface area contributed by atoms with Crippen molar-refractivity contribution in [2.75, 3.05) is 13.6 Å². The molecule has 1 aromatic carbocycles. The fourth-order valence-electron chi connectivity index (χ4n) is 2.13. The number of carboxylic acid groups (broad SMARTS) is 1. The van der Waals surface area contributed by atoms with E-state index in [2.05, 4.69) is 29.5 Å². The lowest BCUT2D eigenvalue weighted by Gasteiger charge is -2.18.